The molecule has 0 aliphatic heterocycles. The number of alkyl halides is 2. The number of benzene rings is 2. The van der Waals surface area contributed by atoms with Crippen molar-refractivity contribution in [2.24, 2.45) is 0 Å². The number of fused-ring (bicyclic) bond motifs is 1. The zero-order valence-corrected chi connectivity index (χ0v) is 15.5. The van der Waals surface area contributed by atoms with Crippen LogP contribution in [0.1, 0.15) is 47.3 Å². The summed E-state index contributed by atoms with van der Waals surface area (Å²) in [4.78, 5) is 11.4. The number of carboxylic acid groups (broad SMARTS) is 1. The Morgan fingerprint density at radius 2 is 1.86 bits per heavy atom. The largest absolute Gasteiger partial charge is 0.478 e. The molecule has 1 atom stereocenters. The molecule has 1 unspecified atom stereocenters. The SMILES string of the molecule is CC(F)(F)C1CCCc2c1cc(-c1ccccc1)n2-c1cccc(C(=O)O)c1. The van der Waals surface area contributed by atoms with Crippen molar-refractivity contribution in [1.29, 1.82) is 0 Å². The van der Waals surface area contributed by atoms with E-state index in [9.17, 15) is 18.7 Å². The maximum absolute atomic E-state index is 14.3. The second-order valence-electron chi connectivity index (χ2n) is 7.39. The van der Waals surface area contributed by atoms with Gasteiger partial charge in [0.2, 0.25) is 0 Å². The maximum Gasteiger partial charge on any atom is 0.335 e. The van der Waals surface area contributed by atoms with E-state index in [1.807, 2.05) is 47.0 Å². The van der Waals surface area contributed by atoms with Gasteiger partial charge >= 0.3 is 5.97 Å². The molecular formula is C23H21F2NO2. The molecule has 28 heavy (non-hydrogen) atoms. The van der Waals surface area contributed by atoms with Crippen LogP contribution in [0.15, 0.2) is 60.7 Å². The van der Waals surface area contributed by atoms with Crippen LogP contribution in [0.3, 0.4) is 0 Å². The van der Waals surface area contributed by atoms with Gasteiger partial charge in [-0.05, 0) is 61.6 Å². The van der Waals surface area contributed by atoms with Crippen LogP contribution in [0, 0.1) is 0 Å². The second kappa shape index (κ2) is 6.89. The number of hydrogen-bond donors (Lipinski definition) is 1. The first-order chi connectivity index (χ1) is 13.4. The summed E-state index contributed by atoms with van der Waals surface area (Å²) in [5, 5.41) is 9.37. The van der Waals surface area contributed by atoms with E-state index in [0.717, 1.165) is 23.9 Å². The molecule has 0 bridgehead atoms. The fourth-order valence-electron chi connectivity index (χ4n) is 4.18. The molecule has 4 rings (SSSR count). The third-order valence-corrected chi connectivity index (χ3v) is 5.45. The summed E-state index contributed by atoms with van der Waals surface area (Å²) in [6.07, 6.45) is 1.81. The lowest BCUT2D eigenvalue weighted by Crippen LogP contribution is -2.26. The number of aromatic nitrogens is 1. The van der Waals surface area contributed by atoms with E-state index in [-0.39, 0.29) is 5.56 Å². The highest BCUT2D eigenvalue weighted by Gasteiger charge is 2.40. The fraction of sp³-hybridized carbons (Fsp3) is 0.261. The quantitative estimate of drug-likeness (QED) is 0.610. The Labute approximate surface area is 162 Å². The number of carbonyl (C=O) groups is 1. The van der Waals surface area contributed by atoms with Gasteiger partial charge < -0.3 is 9.67 Å². The Morgan fingerprint density at radius 3 is 2.54 bits per heavy atom. The standard InChI is InChI=1S/C23H21F2NO2/c1-23(24,25)19-11-6-12-20-18(19)14-21(15-7-3-2-4-8-15)26(20)17-10-5-9-16(13-17)22(27)28/h2-5,7-10,13-14,19H,6,11-12H2,1H3,(H,27,28). The van der Waals surface area contributed by atoms with Crippen molar-refractivity contribution < 1.29 is 18.7 Å². The first-order valence-electron chi connectivity index (χ1n) is 9.38. The predicted octanol–water partition coefficient (Wildman–Crippen LogP) is 5.92. The van der Waals surface area contributed by atoms with Crippen molar-refractivity contribution >= 4 is 5.97 Å². The molecule has 1 heterocycles. The first kappa shape index (κ1) is 18.4. The third kappa shape index (κ3) is 3.21. The number of hydrogen-bond acceptors (Lipinski definition) is 1. The fourth-order valence-corrected chi connectivity index (χ4v) is 4.18. The summed E-state index contributed by atoms with van der Waals surface area (Å²) in [6, 6.07) is 18.1. The molecule has 5 heteroatoms. The van der Waals surface area contributed by atoms with E-state index in [4.69, 9.17) is 0 Å². The zero-order valence-electron chi connectivity index (χ0n) is 15.5. The first-order valence-corrected chi connectivity index (χ1v) is 9.38. The van der Waals surface area contributed by atoms with E-state index in [1.165, 1.54) is 6.07 Å². The Hall–Kier alpha value is -2.95. The lowest BCUT2D eigenvalue weighted by Gasteiger charge is -2.28. The minimum Gasteiger partial charge on any atom is -0.478 e. The van der Waals surface area contributed by atoms with Crippen molar-refractivity contribution in [2.75, 3.05) is 0 Å². The molecule has 2 aromatic carbocycles. The van der Waals surface area contributed by atoms with Crippen molar-refractivity contribution in [3.05, 3.63) is 77.5 Å². The topological polar surface area (TPSA) is 42.2 Å². The van der Waals surface area contributed by atoms with Crippen LogP contribution in [-0.4, -0.2) is 21.6 Å². The monoisotopic (exact) mass is 381 g/mol. The number of nitrogens with zero attached hydrogens (tertiary/aromatic N) is 1. The Bertz CT molecular complexity index is 1020. The minimum absolute atomic E-state index is 0.173. The molecule has 0 saturated carbocycles. The van der Waals surface area contributed by atoms with E-state index in [2.05, 4.69) is 0 Å². The molecular weight excluding hydrogens is 360 g/mol. The van der Waals surface area contributed by atoms with E-state index in [0.29, 0.717) is 30.5 Å². The Morgan fingerprint density at radius 1 is 1.11 bits per heavy atom. The molecule has 1 aliphatic rings. The van der Waals surface area contributed by atoms with Crippen LogP contribution in [0.2, 0.25) is 0 Å². The summed E-state index contributed by atoms with van der Waals surface area (Å²) in [7, 11) is 0. The van der Waals surface area contributed by atoms with Crippen LogP contribution >= 0.6 is 0 Å². The lowest BCUT2D eigenvalue weighted by molar-refractivity contribution is -0.0134. The van der Waals surface area contributed by atoms with Gasteiger partial charge in [0.05, 0.1) is 11.3 Å². The number of carboxylic acids is 1. The second-order valence-corrected chi connectivity index (χ2v) is 7.39. The van der Waals surface area contributed by atoms with Gasteiger partial charge in [-0.1, -0.05) is 36.4 Å². The van der Waals surface area contributed by atoms with Crippen molar-refractivity contribution in [1.82, 2.24) is 4.57 Å². The highest BCUT2D eigenvalue weighted by Crippen LogP contribution is 2.45. The van der Waals surface area contributed by atoms with Crippen molar-refractivity contribution in [3.8, 4) is 16.9 Å². The summed E-state index contributed by atoms with van der Waals surface area (Å²) in [5.41, 5.74) is 4.09. The van der Waals surface area contributed by atoms with Crippen LogP contribution < -0.4 is 0 Å². The Balaban J connectivity index is 1.98. The third-order valence-electron chi connectivity index (χ3n) is 5.45. The average Bonchev–Trinajstić information content (AvgIpc) is 3.07. The van der Waals surface area contributed by atoms with E-state index < -0.39 is 17.8 Å². The van der Waals surface area contributed by atoms with Crippen molar-refractivity contribution in [2.45, 2.75) is 38.0 Å². The van der Waals surface area contributed by atoms with Gasteiger partial charge in [0.15, 0.2) is 0 Å². The highest BCUT2D eigenvalue weighted by molar-refractivity contribution is 5.88. The average molecular weight is 381 g/mol. The Kier molecular flexibility index (Phi) is 4.53. The van der Waals surface area contributed by atoms with E-state index in [1.54, 1.807) is 12.1 Å². The summed E-state index contributed by atoms with van der Waals surface area (Å²) in [5.74, 6) is -4.65. The predicted molar refractivity (Wildman–Crippen MR) is 104 cm³/mol. The van der Waals surface area contributed by atoms with Gasteiger partial charge in [-0.3, -0.25) is 0 Å². The molecule has 0 spiro atoms. The minimum atomic E-state index is -2.81. The molecule has 1 N–H and O–H groups in total. The number of halogens is 2. The molecule has 0 fully saturated rings. The van der Waals surface area contributed by atoms with Gasteiger partial charge in [0, 0.05) is 17.3 Å². The van der Waals surface area contributed by atoms with Crippen molar-refractivity contribution in [3.63, 3.8) is 0 Å². The summed E-state index contributed by atoms with van der Waals surface area (Å²) >= 11 is 0. The molecule has 144 valence electrons. The van der Waals surface area contributed by atoms with Gasteiger partial charge in [-0.15, -0.1) is 0 Å². The molecule has 0 saturated heterocycles. The van der Waals surface area contributed by atoms with Gasteiger partial charge in [-0.25, -0.2) is 13.6 Å². The molecule has 1 aromatic heterocycles. The summed E-state index contributed by atoms with van der Waals surface area (Å²) < 4.78 is 30.6. The van der Waals surface area contributed by atoms with Crippen LogP contribution in [0.25, 0.3) is 16.9 Å². The molecule has 1 aliphatic carbocycles. The molecule has 0 radical (unpaired) electrons. The zero-order chi connectivity index (χ0) is 19.9. The summed E-state index contributed by atoms with van der Waals surface area (Å²) in [6.45, 7) is 0.983. The van der Waals surface area contributed by atoms with Gasteiger partial charge in [0.25, 0.3) is 5.92 Å². The lowest BCUT2D eigenvalue weighted by atomic mass is 9.83. The number of aromatic carboxylic acids is 1. The van der Waals surface area contributed by atoms with Crippen LogP contribution in [-0.2, 0) is 6.42 Å². The molecule has 3 nitrogen and oxygen atoms in total. The van der Waals surface area contributed by atoms with Crippen LogP contribution in [0.4, 0.5) is 8.78 Å². The highest BCUT2D eigenvalue weighted by atomic mass is 19.3. The molecule has 0 amide bonds. The van der Waals surface area contributed by atoms with Gasteiger partial charge in [0.1, 0.15) is 0 Å². The molecule has 3 aromatic rings. The van der Waals surface area contributed by atoms with Gasteiger partial charge in [-0.2, -0.15) is 0 Å². The smallest absolute Gasteiger partial charge is 0.335 e. The maximum atomic E-state index is 14.3. The van der Waals surface area contributed by atoms with Crippen LogP contribution in [0.5, 0.6) is 0 Å². The normalized spacial score (nSPS) is 16.6. The van der Waals surface area contributed by atoms with E-state index >= 15 is 0 Å². The number of rotatable bonds is 4.